The van der Waals surface area contributed by atoms with Crippen molar-refractivity contribution in [2.24, 2.45) is 5.73 Å². The lowest BCUT2D eigenvalue weighted by molar-refractivity contribution is 0.474. The van der Waals surface area contributed by atoms with Gasteiger partial charge in [0.1, 0.15) is 11.5 Å². The normalized spacial score (nSPS) is 12.2. The predicted molar refractivity (Wildman–Crippen MR) is 89.1 cm³/mol. The Morgan fingerprint density at radius 3 is 2.19 bits per heavy atom. The van der Waals surface area contributed by atoms with Crippen molar-refractivity contribution in [1.82, 2.24) is 0 Å². The van der Waals surface area contributed by atoms with Gasteiger partial charge in [0, 0.05) is 6.04 Å². The molecule has 0 bridgehead atoms. The smallest absolute Gasteiger partial charge is 0.133 e. The number of aryl methyl sites for hydroxylation is 2. The molecule has 2 rings (SSSR count). The summed E-state index contributed by atoms with van der Waals surface area (Å²) in [6.07, 6.45) is 1.92. The molecule has 0 spiro atoms. The van der Waals surface area contributed by atoms with E-state index in [2.05, 4.69) is 52.0 Å². The van der Waals surface area contributed by atoms with Gasteiger partial charge in [-0.3, -0.25) is 0 Å². The second kappa shape index (κ2) is 6.77. The molecule has 2 heteroatoms. The second-order valence-corrected chi connectivity index (χ2v) is 5.77. The largest absolute Gasteiger partial charge is 0.457 e. The minimum atomic E-state index is 0.234. The summed E-state index contributed by atoms with van der Waals surface area (Å²) in [5.74, 6) is 1.84. The van der Waals surface area contributed by atoms with Crippen molar-refractivity contribution in [3.63, 3.8) is 0 Å². The summed E-state index contributed by atoms with van der Waals surface area (Å²) in [5, 5.41) is 0. The minimum Gasteiger partial charge on any atom is -0.457 e. The van der Waals surface area contributed by atoms with Crippen molar-refractivity contribution in [3.8, 4) is 11.5 Å². The number of hydrogen-bond donors (Lipinski definition) is 1. The molecule has 0 saturated heterocycles. The summed E-state index contributed by atoms with van der Waals surface area (Å²) >= 11 is 0. The van der Waals surface area contributed by atoms with E-state index in [1.165, 1.54) is 16.7 Å². The SMILES string of the molecule is CCC(N)Cc1ccc(Oc2c(C)ccc(C)c2C)cc1. The van der Waals surface area contributed by atoms with Crippen LogP contribution < -0.4 is 10.5 Å². The van der Waals surface area contributed by atoms with E-state index in [1.807, 2.05) is 12.1 Å². The highest BCUT2D eigenvalue weighted by atomic mass is 16.5. The highest BCUT2D eigenvalue weighted by Crippen LogP contribution is 2.30. The summed E-state index contributed by atoms with van der Waals surface area (Å²) in [6.45, 7) is 8.41. The van der Waals surface area contributed by atoms with Crippen LogP contribution >= 0.6 is 0 Å². The molecular weight excluding hydrogens is 258 g/mol. The summed E-state index contributed by atoms with van der Waals surface area (Å²) < 4.78 is 6.08. The lowest BCUT2D eigenvalue weighted by Crippen LogP contribution is -2.21. The molecule has 1 unspecified atom stereocenters. The van der Waals surface area contributed by atoms with E-state index in [0.717, 1.165) is 29.9 Å². The standard InChI is InChI=1S/C19H25NO/c1-5-17(20)12-16-8-10-18(11-9-16)21-19-14(3)7-6-13(2)15(19)4/h6-11,17H,5,12,20H2,1-4H3. The molecule has 0 saturated carbocycles. The third-order valence-corrected chi connectivity index (χ3v) is 4.04. The molecule has 0 aromatic heterocycles. The molecule has 0 aliphatic carbocycles. The Balaban J connectivity index is 2.16. The van der Waals surface area contributed by atoms with E-state index < -0.39 is 0 Å². The Morgan fingerprint density at radius 2 is 1.57 bits per heavy atom. The van der Waals surface area contributed by atoms with Gasteiger partial charge in [-0.15, -0.1) is 0 Å². The molecule has 2 nitrogen and oxygen atoms in total. The van der Waals surface area contributed by atoms with E-state index in [9.17, 15) is 0 Å². The first-order valence-electron chi connectivity index (χ1n) is 7.60. The van der Waals surface area contributed by atoms with Crippen LogP contribution in [0.1, 0.15) is 35.6 Å². The maximum Gasteiger partial charge on any atom is 0.133 e. The predicted octanol–water partition coefficient (Wildman–Crippen LogP) is 4.68. The van der Waals surface area contributed by atoms with Crippen molar-refractivity contribution in [2.45, 2.75) is 46.6 Å². The number of nitrogens with two attached hydrogens (primary N) is 1. The quantitative estimate of drug-likeness (QED) is 0.864. The fourth-order valence-corrected chi connectivity index (χ4v) is 2.34. The summed E-state index contributed by atoms with van der Waals surface area (Å²) in [5.41, 5.74) is 10.9. The van der Waals surface area contributed by atoms with Gasteiger partial charge in [-0.25, -0.2) is 0 Å². The van der Waals surface area contributed by atoms with Gasteiger partial charge in [0.25, 0.3) is 0 Å². The molecule has 0 heterocycles. The number of ether oxygens (including phenoxy) is 1. The van der Waals surface area contributed by atoms with Gasteiger partial charge in [0.05, 0.1) is 0 Å². The van der Waals surface area contributed by atoms with Gasteiger partial charge in [-0.1, -0.05) is 31.2 Å². The Hall–Kier alpha value is -1.80. The average Bonchev–Trinajstić information content (AvgIpc) is 2.49. The van der Waals surface area contributed by atoms with Crippen molar-refractivity contribution < 1.29 is 4.74 Å². The zero-order chi connectivity index (χ0) is 15.4. The van der Waals surface area contributed by atoms with Crippen LogP contribution in [-0.4, -0.2) is 6.04 Å². The highest BCUT2D eigenvalue weighted by molar-refractivity contribution is 5.47. The van der Waals surface area contributed by atoms with Gasteiger partial charge in [-0.05, 0) is 68.0 Å². The van der Waals surface area contributed by atoms with E-state index in [1.54, 1.807) is 0 Å². The minimum absolute atomic E-state index is 0.234. The lowest BCUT2D eigenvalue weighted by atomic mass is 10.0. The maximum atomic E-state index is 6.08. The van der Waals surface area contributed by atoms with Gasteiger partial charge in [0.15, 0.2) is 0 Å². The van der Waals surface area contributed by atoms with Gasteiger partial charge in [0.2, 0.25) is 0 Å². The summed E-state index contributed by atoms with van der Waals surface area (Å²) in [6, 6.07) is 12.7. The average molecular weight is 283 g/mol. The third-order valence-electron chi connectivity index (χ3n) is 4.04. The summed E-state index contributed by atoms with van der Waals surface area (Å²) in [4.78, 5) is 0. The second-order valence-electron chi connectivity index (χ2n) is 5.77. The lowest BCUT2D eigenvalue weighted by Gasteiger charge is -2.14. The van der Waals surface area contributed by atoms with E-state index >= 15 is 0 Å². The summed E-state index contributed by atoms with van der Waals surface area (Å²) in [7, 11) is 0. The molecule has 0 fully saturated rings. The molecule has 1 atom stereocenters. The van der Waals surface area contributed by atoms with Crippen LogP contribution in [0, 0.1) is 20.8 Å². The van der Waals surface area contributed by atoms with E-state index in [-0.39, 0.29) is 6.04 Å². The highest BCUT2D eigenvalue weighted by Gasteiger charge is 2.08. The van der Waals surface area contributed by atoms with Crippen LogP contribution in [0.4, 0.5) is 0 Å². The molecule has 0 radical (unpaired) electrons. The van der Waals surface area contributed by atoms with Gasteiger partial charge in [-0.2, -0.15) is 0 Å². The van der Waals surface area contributed by atoms with Crippen LogP contribution in [0.2, 0.25) is 0 Å². The fourth-order valence-electron chi connectivity index (χ4n) is 2.34. The van der Waals surface area contributed by atoms with E-state index in [0.29, 0.717) is 0 Å². The molecule has 0 amide bonds. The molecule has 21 heavy (non-hydrogen) atoms. The Morgan fingerprint density at radius 1 is 0.952 bits per heavy atom. The van der Waals surface area contributed by atoms with Gasteiger partial charge < -0.3 is 10.5 Å². The van der Waals surface area contributed by atoms with Crippen LogP contribution in [-0.2, 0) is 6.42 Å². The third kappa shape index (κ3) is 3.85. The molecule has 0 aliphatic rings. The Bertz CT molecular complexity index is 602. The molecular formula is C19H25NO. The zero-order valence-corrected chi connectivity index (χ0v) is 13.4. The number of benzene rings is 2. The van der Waals surface area contributed by atoms with Crippen LogP contribution in [0.3, 0.4) is 0 Å². The maximum absolute atomic E-state index is 6.08. The number of rotatable bonds is 5. The Kier molecular flexibility index (Phi) is 5.03. The number of hydrogen-bond acceptors (Lipinski definition) is 2. The molecule has 2 aromatic rings. The molecule has 2 aromatic carbocycles. The van der Waals surface area contributed by atoms with Crippen molar-refractivity contribution in [2.75, 3.05) is 0 Å². The van der Waals surface area contributed by atoms with Crippen molar-refractivity contribution in [3.05, 3.63) is 58.7 Å². The van der Waals surface area contributed by atoms with Crippen molar-refractivity contribution in [1.29, 1.82) is 0 Å². The molecule has 0 aliphatic heterocycles. The topological polar surface area (TPSA) is 35.2 Å². The van der Waals surface area contributed by atoms with E-state index in [4.69, 9.17) is 10.5 Å². The van der Waals surface area contributed by atoms with Crippen LogP contribution in [0.15, 0.2) is 36.4 Å². The van der Waals surface area contributed by atoms with Crippen LogP contribution in [0.25, 0.3) is 0 Å². The first kappa shape index (κ1) is 15.6. The first-order valence-corrected chi connectivity index (χ1v) is 7.60. The zero-order valence-electron chi connectivity index (χ0n) is 13.4. The Labute approximate surface area is 127 Å². The monoisotopic (exact) mass is 283 g/mol. The van der Waals surface area contributed by atoms with Gasteiger partial charge >= 0.3 is 0 Å². The fraction of sp³-hybridized carbons (Fsp3) is 0.368. The van der Waals surface area contributed by atoms with Crippen molar-refractivity contribution >= 4 is 0 Å². The van der Waals surface area contributed by atoms with Crippen LogP contribution in [0.5, 0.6) is 11.5 Å². The molecule has 2 N–H and O–H groups in total. The molecule has 112 valence electrons. The first-order chi connectivity index (χ1) is 10.0.